The number of ketones is 1. The lowest BCUT2D eigenvalue weighted by Crippen LogP contribution is -2.33. The number of thiophene rings is 1. The highest BCUT2D eigenvalue weighted by molar-refractivity contribution is 7.20. The number of aliphatic hydroxyl groups is 3. The molecule has 7 N–H and O–H groups in total. The van der Waals surface area contributed by atoms with Crippen LogP contribution in [0.2, 0.25) is 0 Å². The molecule has 6 aromatic rings. The maximum Gasteiger partial charge on any atom is 0.416 e. The lowest BCUT2D eigenvalue weighted by molar-refractivity contribution is -0.137. The zero-order valence-corrected chi connectivity index (χ0v) is 31.7. The Morgan fingerprint density at radius 2 is 1.60 bits per heavy atom. The van der Waals surface area contributed by atoms with Crippen LogP contribution in [0.25, 0.3) is 32.7 Å². The first kappa shape index (κ1) is 40.5. The molecule has 1 aliphatic heterocycles. The van der Waals surface area contributed by atoms with E-state index in [2.05, 4.69) is 25.6 Å². The second-order valence-corrected chi connectivity index (χ2v) is 14.8. The number of nitrogen functional groups attached to an aromatic ring is 1. The molecule has 1 amide bonds. The Morgan fingerprint density at radius 1 is 0.862 bits per heavy atom. The van der Waals surface area contributed by atoms with E-state index in [1.807, 2.05) is 0 Å². The molecule has 17 heteroatoms. The van der Waals surface area contributed by atoms with Gasteiger partial charge < -0.3 is 36.4 Å². The molecule has 0 radical (unpaired) electrons. The van der Waals surface area contributed by atoms with E-state index in [-0.39, 0.29) is 22.0 Å². The van der Waals surface area contributed by atoms with Gasteiger partial charge in [0.05, 0.1) is 29.1 Å². The molecular formula is C41H40F3N7O6S. The van der Waals surface area contributed by atoms with Crippen molar-refractivity contribution in [2.75, 3.05) is 30.7 Å². The fourth-order valence-electron chi connectivity index (χ4n) is 6.90. The average molecular weight is 816 g/mol. The maximum atomic E-state index is 13.8. The van der Waals surface area contributed by atoms with Crippen molar-refractivity contribution in [2.45, 2.75) is 56.4 Å². The van der Waals surface area contributed by atoms with Gasteiger partial charge in [-0.25, -0.2) is 15.0 Å². The summed E-state index contributed by atoms with van der Waals surface area (Å²) >= 11 is 1.10. The van der Waals surface area contributed by atoms with Crippen molar-refractivity contribution in [3.63, 3.8) is 0 Å². The summed E-state index contributed by atoms with van der Waals surface area (Å²) in [5.74, 6) is -0.181. The van der Waals surface area contributed by atoms with Gasteiger partial charge in [0.15, 0.2) is 29.0 Å². The number of carbonyl (C=O) groups excluding carboxylic acids is 2. The van der Waals surface area contributed by atoms with Crippen molar-refractivity contribution in [1.82, 2.24) is 24.8 Å². The number of rotatable bonds is 15. The van der Waals surface area contributed by atoms with Crippen molar-refractivity contribution in [1.29, 1.82) is 0 Å². The molecule has 1 saturated heterocycles. The summed E-state index contributed by atoms with van der Waals surface area (Å²) in [6.07, 6.45) is -2.93. The van der Waals surface area contributed by atoms with E-state index >= 15 is 0 Å². The van der Waals surface area contributed by atoms with Crippen LogP contribution in [0.15, 0.2) is 91.5 Å². The predicted octanol–water partition coefficient (Wildman–Crippen LogP) is 6.07. The summed E-state index contributed by atoms with van der Waals surface area (Å²) in [6.45, 7) is 0.600. The minimum Gasteiger partial charge on any atom is -0.394 e. The molecule has 0 aliphatic carbocycles. The molecule has 7 rings (SSSR count). The third-order valence-corrected chi connectivity index (χ3v) is 11.0. The molecule has 1 aliphatic rings. The number of nitrogens with zero attached hydrogens (tertiary/aromatic N) is 4. The van der Waals surface area contributed by atoms with Gasteiger partial charge in [-0.05, 0) is 48.2 Å². The second kappa shape index (κ2) is 17.4. The van der Waals surface area contributed by atoms with Gasteiger partial charge >= 0.3 is 6.18 Å². The molecule has 3 aromatic carbocycles. The topological polar surface area (TPSA) is 198 Å². The molecule has 58 heavy (non-hydrogen) atoms. The van der Waals surface area contributed by atoms with Crippen LogP contribution in [0, 0.1) is 0 Å². The lowest BCUT2D eigenvalue weighted by atomic mass is 9.92. The Hall–Kier alpha value is -5.72. The van der Waals surface area contributed by atoms with Crippen LogP contribution >= 0.6 is 11.3 Å². The molecule has 0 saturated carbocycles. The number of alkyl halides is 3. The number of aliphatic hydroxyl groups excluding tert-OH is 3. The van der Waals surface area contributed by atoms with Crippen molar-refractivity contribution in [2.24, 2.45) is 0 Å². The molecule has 13 nitrogen and oxygen atoms in total. The Bertz CT molecular complexity index is 2390. The van der Waals surface area contributed by atoms with Crippen molar-refractivity contribution < 1.29 is 42.8 Å². The number of carbonyl (C=O) groups is 2. The van der Waals surface area contributed by atoms with Crippen molar-refractivity contribution in [3.05, 3.63) is 114 Å². The van der Waals surface area contributed by atoms with Crippen LogP contribution in [0.3, 0.4) is 0 Å². The molecule has 4 heterocycles. The first-order chi connectivity index (χ1) is 28.0. The van der Waals surface area contributed by atoms with E-state index < -0.39 is 48.7 Å². The zero-order chi connectivity index (χ0) is 41.0. The lowest BCUT2D eigenvalue weighted by Gasteiger charge is -2.16. The molecule has 4 unspecified atom stereocenters. The number of hydrogen-bond acceptors (Lipinski definition) is 12. The predicted molar refractivity (Wildman–Crippen MR) is 212 cm³/mol. The largest absolute Gasteiger partial charge is 0.416 e. The van der Waals surface area contributed by atoms with E-state index in [0.717, 1.165) is 49.2 Å². The molecule has 0 bridgehead atoms. The van der Waals surface area contributed by atoms with Crippen LogP contribution in [0.4, 0.5) is 24.0 Å². The van der Waals surface area contributed by atoms with E-state index in [1.54, 1.807) is 54.6 Å². The van der Waals surface area contributed by atoms with Gasteiger partial charge in [0, 0.05) is 34.7 Å². The van der Waals surface area contributed by atoms with Gasteiger partial charge in [-0.1, -0.05) is 67.4 Å². The van der Waals surface area contributed by atoms with Crippen LogP contribution in [-0.2, 0) is 10.9 Å². The summed E-state index contributed by atoms with van der Waals surface area (Å²) in [7, 11) is 0. The maximum absolute atomic E-state index is 13.8. The summed E-state index contributed by atoms with van der Waals surface area (Å²) in [5.41, 5.74) is 8.40. The Morgan fingerprint density at radius 3 is 2.31 bits per heavy atom. The first-order valence-corrected chi connectivity index (χ1v) is 19.4. The van der Waals surface area contributed by atoms with Crippen LogP contribution in [0.5, 0.6) is 0 Å². The Labute approximate surface area is 334 Å². The van der Waals surface area contributed by atoms with Gasteiger partial charge in [-0.15, -0.1) is 11.3 Å². The van der Waals surface area contributed by atoms with Gasteiger partial charge in [-0.2, -0.15) is 13.2 Å². The van der Waals surface area contributed by atoms with Crippen LogP contribution < -0.4 is 16.4 Å². The van der Waals surface area contributed by atoms with Crippen molar-refractivity contribution in [3.8, 4) is 21.6 Å². The fraction of sp³-hybridized carbons (Fsp3) is 0.293. The van der Waals surface area contributed by atoms with Gasteiger partial charge in [0.25, 0.3) is 5.91 Å². The summed E-state index contributed by atoms with van der Waals surface area (Å²) in [4.78, 5) is 40.2. The minimum atomic E-state index is -4.59. The zero-order valence-electron chi connectivity index (χ0n) is 30.9. The highest BCUT2D eigenvalue weighted by Gasteiger charge is 2.44. The molecule has 1 fully saturated rings. The van der Waals surface area contributed by atoms with Crippen LogP contribution in [-0.4, -0.2) is 84.5 Å². The quantitative estimate of drug-likeness (QED) is 0.0520. The number of anilines is 2. The number of imidazole rings is 1. The molecule has 4 atom stereocenters. The minimum absolute atomic E-state index is 0.123. The molecule has 302 valence electrons. The number of fused-ring (bicyclic) bond motifs is 1. The molecule has 3 aromatic heterocycles. The number of unbranched alkanes of at least 4 members (excludes halogenated alkanes) is 3. The highest BCUT2D eigenvalue weighted by Crippen LogP contribution is 2.46. The number of hydrogen-bond donors (Lipinski definition) is 6. The SMILES string of the molecule is Nc1sc(-c2ccc(C(=O)NCCCCCCNc3ncnc4c3ncn4C3OC(CO)C(O)C3O)cc2)c(-c2cccc(C(F)(F)F)c2)c1C(=O)c1ccccc1. The van der Waals surface area contributed by atoms with E-state index in [9.17, 15) is 38.1 Å². The number of ether oxygens (including phenoxy) is 1. The van der Waals surface area contributed by atoms with E-state index in [1.165, 1.54) is 29.4 Å². The highest BCUT2D eigenvalue weighted by atomic mass is 32.1. The average Bonchev–Trinajstić information content (AvgIpc) is 3.91. The van der Waals surface area contributed by atoms with Crippen molar-refractivity contribution >= 4 is 45.0 Å². The number of halogens is 3. The normalized spacial score (nSPS) is 18.1. The van der Waals surface area contributed by atoms with Gasteiger partial charge in [0.1, 0.15) is 24.6 Å². The smallest absolute Gasteiger partial charge is 0.394 e. The number of amides is 1. The summed E-state index contributed by atoms with van der Waals surface area (Å²) in [6, 6.07) is 19.9. The fourth-order valence-corrected chi connectivity index (χ4v) is 8.00. The van der Waals surface area contributed by atoms with E-state index in [4.69, 9.17) is 10.5 Å². The first-order valence-electron chi connectivity index (χ1n) is 18.6. The van der Waals surface area contributed by atoms with Gasteiger partial charge in [-0.3, -0.25) is 14.2 Å². The van der Waals surface area contributed by atoms with E-state index in [0.29, 0.717) is 57.2 Å². The standard InChI is InChI=1S/C41H40F3N7O6S/c42-41(43,44)27-12-8-11-26(19-27)29-30(32(53)23-9-4-3-5-10-23)36(45)58-35(29)24-13-15-25(16-14-24)39(56)47-18-7-2-1-6-17-46-37-31-38(49-21-48-37)51(22-50-31)40-34(55)33(54)28(20-52)57-40/h3-5,8-16,19,21-22,28,33-34,40,52,54-55H,1-2,6-7,17-18,20,45H2,(H,47,56)(H,46,48,49). The number of aromatic nitrogens is 4. The Kier molecular flexibility index (Phi) is 12.2. The van der Waals surface area contributed by atoms with Gasteiger partial charge in [0.2, 0.25) is 0 Å². The summed E-state index contributed by atoms with van der Waals surface area (Å²) < 4.78 is 48.4. The third kappa shape index (κ3) is 8.44. The monoisotopic (exact) mass is 815 g/mol. The third-order valence-electron chi connectivity index (χ3n) is 9.92. The number of benzene rings is 3. The second-order valence-electron chi connectivity index (χ2n) is 13.8. The molecule has 0 spiro atoms. The van der Waals surface area contributed by atoms with Crippen LogP contribution in [0.1, 0.15) is 63.8 Å². The number of nitrogens with two attached hydrogens (primary N) is 1. The summed E-state index contributed by atoms with van der Waals surface area (Å²) in [5, 5.41) is 36.3. The molecular weight excluding hydrogens is 776 g/mol. The Balaban J connectivity index is 0.932. The number of nitrogens with one attached hydrogen (secondary N) is 2.